The Balaban J connectivity index is 1.53. The molecule has 1 saturated carbocycles. The SMILES string of the molecule is COc1ccc(OC)c(NC(=O)CC(C)NCC2(c3ccccc3)CC2)c1. The second-order valence-electron chi connectivity index (χ2n) is 7.25. The Bertz CT molecular complexity index is 772. The lowest BCUT2D eigenvalue weighted by molar-refractivity contribution is -0.116. The molecule has 0 radical (unpaired) electrons. The molecule has 27 heavy (non-hydrogen) atoms. The van der Waals surface area contributed by atoms with Crippen molar-refractivity contribution in [2.24, 2.45) is 0 Å². The second kappa shape index (κ2) is 8.44. The van der Waals surface area contributed by atoms with Gasteiger partial charge in [-0.05, 0) is 37.5 Å². The molecular formula is C22H28N2O3. The van der Waals surface area contributed by atoms with E-state index < -0.39 is 0 Å². The summed E-state index contributed by atoms with van der Waals surface area (Å²) in [6, 6.07) is 16.1. The van der Waals surface area contributed by atoms with Crippen molar-refractivity contribution in [2.45, 2.75) is 37.6 Å². The van der Waals surface area contributed by atoms with E-state index in [1.54, 1.807) is 32.4 Å². The molecule has 2 N–H and O–H groups in total. The van der Waals surface area contributed by atoms with Gasteiger partial charge in [-0.3, -0.25) is 4.79 Å². The summed E-state index contributed by atoms with van der Waals surface area (Å²) in [5.74, 6) is 1.24. The van der Waals surface area contributed by atoms with Crippen molar-refractivity contribution >= 4 is 11.6 Å². The van der Waals surface area contributed by atoms with E-state index in [9.17, 15) is 4.79 Å². The molecule has 1 fully saturated rings. The maximum Gasteiger partial charge on any atom is 0.226 e. The summed E-state index contributed by atoms with van der Waals surface area (Å²) in [5.41, 5.74) is 2.24. The first kappa shape index (κ1) is 19.2. The molecular weight excluding hydrogens is 340 g/mol. The van der Waals surface area contributed by atoms with Gasteiger partial charge in [0.1, 0.15) is 11.5 Å². The Morgan fingerprint density at radius 2 is 1.85 bits per heavy atom. The Morgan fingerprint density at radius 1 is 1.11 bits per heavy atom. The zero-order chi connectivity index (χ0) is 19.3. The van der Waals surface area contributed by atoms with E-state index in [1.807, 2.05) is 13.0 Å². The molecule has 2 aromatic rings. The molecule has 1 unspecified atom stereocenters. The van der Waals surface area contributed by atoms with Crippen molar-refractivity contribution in [3.8, 4) is 11.5 Å². The third kappa shape index (κ3) is 4.80. The zero-order valence-corrected chi connectivity index (χ0v) is 16.2. The summed E-state index contributed by atoms with van der Waals surface area (Å²) in [6.45, 7) is 2.94. The van der Waals surface area contributed by atoms with Gasteiger partial charge in [0.05, 0.1) is 19.9 Å². The van der Waals surface area contributed by atoms with Crippen LogP contribution in [-0.2, 0) is 10.2 Å². The normalized spacial score (nSPS) is 15.7. The predicted molar refractivity (Wildman–Crippen MR) is 108 cm³/mol. The molecule has 0 spiro atoms. The molecule has 5 nitrogen and oxygen atoms in total. The lowest BCUT2D eigenvalue weighted by Gasteiger charge is -2.20. The van der Waals surface area contributed by atoms with E-state index in [0.717, 1.165) is 6.54 Å². The standard InChI is InChI=1S/C22H28N2O3/c1-16(23-15-22(11-12-22)17-7-5-4-6-8-17)13-21(25)24-19-14-18(26-2)9-10-20(19)27-3/h4-10,14,16,23H,11-13,15H2,1-3H3,(H,24,25). The number of nitrogens with one attached hydrogen (secondary N) is 2. The van der Waals surface area contributed by atoms with Crippen molar-refractivity contribution in [3.05, 3.63) is 54.1 Å². The van der Waals surface area contributed by atoms with Crippen LogP contribution in [0.5, 0.6) is 11.5 Å². The fraction of sp³-hybridized carbons (Fsp3) is 0.409. The van der Waals surface area contributed by atoms with Gasteiger partial charge in [0, 0.05) is 30.5 Å². The highest BCUT2D eigenvalue weighted by atomic mass is 16.5. The van der Waals surface area contributed by atoms with Crippen molar-refractivity contribution in [3.63, 3.8) is 0 Å². The van der Waals surface area contributed by atoms with Gasteiger partial charge in [-0.2, -0.15) is 0 Å². The molecule has 0 aliphatic heterocycles. The molecule has 1 atom stereocenters. The monoisotopic (exact) mass is 368 g/mol. The number of amides is 1. The molecule has 0 heterocycles. The first-order chi connectivity index (χ1) is 13.1. The van der Waals surface area contributed by atoms with Crippen LogP contribution in [0.15, 0.2) is 48.5 Å². The van der Waals surface area contributed by atoms with Crippen molar-refractivity contribution in [1.82, 2.24) is 5.32 Å². The van der Waals surface area contributed by atoms with Gasteiger partial charge in [-0.15, -0.1) is 0 Å². The highest BCUT2D eigenvalue weighted by Gasteiger charge is 2.43. The minimum absolute atomic E-state index is 0.0499. The Kier molecular flexibility index (Phi) is 6.01. The van der Waals surface area contributed by atoms with Crippen molar-refractivity contribution in [2.75, 3.05) is 26.1 Å². The average Bonchev–Trinajstić information content (AvgIpc) is 3.48. The van der Waals surface area contributed by atoms with Gasteiger partial charge in [0.15, 0.2) is 0 Å². The summed E-state index contributed by atoms with van der Waals surface area (Å²) < 4.78 is 10.5. The number of carbonyl (C=O) groups excluding carboxylic acids is 1. The number of hydrogen-bond donors (Lipinski definition) is 2. The molecule has 0 bridgehead atoms. The third-order valence-electron chi connectivity index (χ3n) is 5.20. The maximum absolute atomic E-state index is 12.5. The van der Waals surface area contributed by atoms with Crippen LogP contribution >= 0.6 is 0 Å². The van der Waals surface area contributed by atoms with E-state index in [-0.39, 0.29) is 17.4 Å². The Morgan fingerprint density at radius 3 is 2.48 bits per heavy atom. The van der Waals surface area contributed by atoms with Gasteiger partial charge in [-0.25, -0.2) is 0 Å². The largest absolute Gasteiger partial charge is 0.497 e. The summed E-state index contributed by atoms with van der Waals surface area (Å²) in [7, 11) is 3.18. The Hall–Kier alpha value is -2.53. The van der Waals surface area contributed by atoms with Gasteiger partial charge < -0.3 is 20.1 Å². The molecule has 2 aromatic carbocycles. The average molecular weight is 368 g/mol. The van der Waals surface area contributed by atoms with Gasteiger partial charge in [-0.1, -0.05) is 30.3 Å². The van der Waals surface area contributed by atoms with Crippen LogP contribution in [0.1, 0.15) is 31.7 Å². The number of methoxy groups -OCH3 is 2. The molecule has 1 amide bonds. The third-order valence-corrected chi connectivity index (χ3v) is 5.20. The van der Waals surface area contributed by atoms with E-state index in [2.05, 4.69) is 34.9 Å². The fourth-order valence-corrected chi connectivity index (χ4v) is 3.34. The van der Waals surface area contributed by atoms with Gasteiger partial charge >= 0.3 is 0 Å². The van der Waals surface area contributed by atoms with E-state index in [1.165, 1.54) is 18.4 Å². The highest BCUT2D eigenvalue weighted by Crippen LogP contribution is 2.47. The van der Waals surface area contributed by atoms with Crippen molar-refractivity contribution in [1.29, 1.82) is 0 Å². The zero-order valence-electron chi connectivity index (χ0n) is 16.2. The van der Waals surface area contributed by atoms with Crippen LogP contribution in [0.3, 0.4) is 0 Å². The lowest BCUT2D eigenvalue weighted by atomic mass is 9.95. The van der Waals surface area contributed by atoms with Crippen LogP contribution in [-0.4, -0.2) is 32.7 Å². The molecule has 0 saturated heterocycles. The highest BCUT2D eigenvalue weighted by molar-refractivity contribution is 5.92. The van der Waals surface area contributed by atoms with Crippen LogP contribution < -0.4 is 20.1 Å². The van der Waals surface area contributed by atoms with Crippen molar-refractivity contribution < 1.29 is 14.3 Å². The minimum Gasteiger partial charge on any atom is -0.497 e. The molecule has 5 heteroatoms. The van der Waals surface area contributed by atoms with E-state index in [0.29, 0.717) is 23.6 Å². The molecule has 1 aliphatic carbocycles. The molecule has 1 aliphatic rings. The summed E-state index contributed by atoms with van der Waals surface area (Å²) in [4.78, 5) is 12.5. The van der Waals surface area contributed by atoms with Crippen LogP contribution in [0, 0.1) is 0 Å². The number of anilines is 1. The summed E-state index contributed by atoms with van der Waals surface area (Å²) >= 11 is 0. The van der Waals surface area contributed by atoms with Crippen LogP contribution in [0.4, 0.5) is 5.69 Å². The summed E-state index contributed by atoms with van der Waals surface area (Å²) in [5, 5.41) is 6.46. The second-order valence-corrected chi connectivity index (χ2v) is 7.25. The Labute approximate surface area is 161 Å². The maximum atomic E-state index is 12.5. The molecule has 144 valence electrons. The van der Waals surface area contributed by atoms with E-state index >= 15 is 0 Å². The lowest BCUT2D eigenvalue weighted by Crippen LogP contribution is -2.36. The first-order valence-electron chi connectivity index (χ1n) is 9.37. The summed E-state index contributed by atoms with van der Waals surface area (Å²) in [6.07, 6.45) is 2.79. The number of carbonyl (C=O) groups is 1. The molecule has 0 aromatic heterocycles. The smallest absolute Gasteiger partial charge is 0.226 e. The quantitative estimate of drug-likeness (QED) is 0.708. The first-order valence-corrected chi connectivity index (χ1v) is 9.37. The predicted octanol–water partition coefficient (Wildman–Crippen LogP) is 3.74. The van der Waals surface area contributed by atoms with E-state index in [4.69, 9.17) is 9.47 Å². The van der Waals surface area contributed by atoms with Gasteiger partial charge in [0.2, 0.25) is 5.91 Å². The topological polar surface area (TPSA) is 59.6 Å². The fourth-order valence-electron chi connectivity index (χ4n) is 3.34. The number of rotatable bonds is 9. The van der Waals surface area contributed by atoms with Crippen LogP contribution in [0.2, 0.25) is 0 Å². The number of hydrogen-bond acceptors (Lipinski definition) is 4. The minimum atomic E-state index is -0.0499. The van der Waals surface area contributed by atoms with Crippen LogP contribution in [0.25, 0.3) is 0 Å². The van der Waals surface area contributed by atoms with Gasteiger partial charge in [0.25, 0.3) is 0 Å². The number of benzene rings is 2. The molecule has 3 rings (SSSR count). The number of ether oxygens (including phenoxy) is 2.